The Balaban J connectivity index is 1.59. The molecule has 0 spiro atoms. The summed E-state index contributed by atoms with van der Waals surface area (Å²) in [6, 6.07) is -0.835. The van der Waals surface area contributed by atoms with Crippen molar-refractivity contribution in [1.82, 2.24) is 19.8 Å². The van der Waals surface area contributed by atoms with E-state index in [4.69, 9.17) is 4.74 Å². The number of hydrogen-bond donors (Lipinski definition) is 0. The molecule has 1 aromatic rings. The normalized spacial score (nSPS) is 27.1. The second-order valence-corrected chi connectivity index (χ2v) is 9.13. The molecule has 0 N–H and O–H groups in total. The van der Waals surface area contributed by atoms with Crippen LogP contribution in [0.15, 0.2) is 12.4 Å². The van der Waals surface area contributed by atoms with E-state index < -0.39 is 21.9 Å². The molecular weight excluding hydrogens is 360 g/mol. The highest BCUT2D eigenvalue weighted by Crippen LogP contribution is 2.35. The molecule has 0 bridgehead atoms. The van der Waals surface area contributed by atoms with Crippen molar-refractivity contribution in [3.63, 3.8) is 0 Å². The van der Waals surface area contributed by atoms with Gasteiger partial charge in [0, 0.05) is 31.4 Å². The Labute approximate surface area is 151 Å². The molecule has 1 aliphatic carbocycles. The lowest BCUT2D eigenvalue weighted by Gasteiger charge is -2.44. The Morgan fingerprint density at radius 3 is 2.23 bits per heavy atom. The number of amides is 2. The number of methoxy groups -OCH3 is 1. The van der Waals surface area contributed by atoms with E-state index in [-0.39, 0.29) is 40.8 Å². The van der Waals surface area contributed by atoms with Crippen molar-refractivity contribution in [3.8, 4) is 6.01 Å². The highest BCUT2D eigenvalue weighted by atomic mass is 32.2. The fraction of sp³-hybridized carbons (Fsp3) is 0.625. The van der Waals surface area contributed by atoms with Crippen LogP contribution in [-0.2, 0) is 14.6 Å². The second-order valence-electron chi connectivity index (χ2n) is 6.97. The van der Waals surface area contributed by atoms with E-state index in [0.29, 0.717) is 13.1 Å². The third-order valence-electron chi connectivity index (χ3n) is 5.20. The minimum absolute atomic E-state index is 0.0243. The van der Waals surface area contributed by atoms with E-state index in [9.17, 15) is 18.0 Å². The van der Waals surface area contributed by atoms with Gasteiger partial charge in [0.1, 0.15) is 0 Å². The van der Waals surface area contributed by atoms with Crippen molar-refractivity contribution in [2.45, 2.75) is 24.9 Å². The van der Waals surface area contributed by atoms with Gasteiger partial charge in [-0.15, -0.1) is 0 Å². The smallest absolute Gasteiger partial charge is 0.316 e. The Morgan fingerprint density at radius 1 is 1.08 bits per heavy atom. The Hall–Kier alpha value is -2.23. The van der Waals surface area contributed by atoms with Gasteiger partial charge < -0.3 is 14.5 Å². The molecule has 140 valence electrons. The number of fused-ring (bicyclic) bond motifs is 1. The van der Waals surface area contributed by atoms with Crippen molar-refractivity contribution in [1.29, 1.82) is 0 Å². The van der Waals surface area contributed by atoms with Crippen LogP contribution >= 0.6 is 0 Å². The minimum Gasteiger partial charge on any atom is -0.467 e. The van der Waals surface area contributed by atoms with E-state index in [1.807, 2.05) is 0 Å². The molecule has 0 aromatic carbocycles. The number of ether oxygens (including phenoxy) is 1. The van der Waals surface area contributed by atoms with Crippen molar-refractivity contribution in [2.75, 3.05) is 31.7 Å². The van der Waals surface area contributed by atoms with Crippen LogP contribution in [0.25, 0.3) is 0 Å². The topological polar surface area (TPSA) is 110 Å². The highest BCUT2D eigenvalue weighted by Gasteiger charge is 2.51. The van der Waals surface area contributed by atoms with Gasteiger partial charge in [0.2, 0.25) is 5.91 Å². The molecule has 2 atom stereocenters. The summed E-state index contributed by atoms with van der Waals surface area (Å²) < 4.78 is 29.3. The van der Waals surface area contributed by atoms with Crippen LogP contribution in [0.5, 0.6) is 6.01 Å². The molecule has 1 aromatic heterocycles. The summed E-state index contributed by atoms with van der Waals surface area (Å²) in [6.07, 6.45) is 4.47. The summed E-state index contributed by atoms with van der Waals surface area (Å²) in [4.78, 5) is 36.5. The maximum atomic E-state index is 12.9. The Kier molecular flexibility index (Phi) is 4.09. The number of sulfone groups is 1. The molecule has 26 heavy (non-hydrogen) atoms. The monoisotopic (exact) mass is 380 g/mol. The van der Waals surface area contributed by atoms with E-state index in [1.54, 1.807) is 9.80 Å². The predicted octanol–water partition coefficient (Wildman–Crippen LogP) is -0.655. The molecule has 3 heterocycles. The van der Waals surface area contributed by atoms with Gasteiger partial charge in [-0.3, -0.25) is 9.59 Å². The zero-order valence-corrected chi connectivity index (χ0v) is 15.2. The Morgan fingerprint density at radius 2 is 1.65 bits per heavy atom. The summed E-state index contributed by atoms with van der Waals surface area (Å²) in [5.41, 5.74) is 0.274. The van der Waals surface area contributed by atoms with E-state index in [2.05, 4.69) is 9.97 Å². The average Bonchev–Trinajstić information content (AvgIpc) is 3.42. The van der Waals surface area contributed by atoms with Gasteiger partial charge in [-0.2, -0.15) is 0 Å². The number of carbonyl (C=O) groups excluding carboxylic acids is 2. The van der Waals surface area contributed by atoms with Crippen LogP contribution in [0, 0.1) is 5.92 Å². The van der Waals surface area contributed by atoms with Gasteiger partial charge in [-0.05, 0) is 12.8 Å². The quantitative estimate of drug-likeness (QED) is 0.685. The van der Waals surface area contributed by atoms with Gasteiger partial charge in [0.25, 0.3) is 5.91 Å². The van der Waals surface area contributed by atoms with Gasteiger partial charge in [0.05, 0.1) is 36.3 Å². The predicted molar refractivity (Wildman–Crippen MR) is 90.3 cm³/mol. The molecule has 2 saturated heterocycles. The molecule has 1 saturated carbocycles. The summed E-state index contributed by atoms with van der Waals surface area (Å²) in [6.45, 7) is 0.661. The Bertz CT molecular complexity index is 837. The summed E-state index contributed by atoms with van der Waals surface area (Å²) in [5, 5.41) is 0. The van der Waals surface area contributed by atoms with Crippen molar-refractivity contribution in [3.05, 3.63) is 18.0 Å². The molecule has 0 unspecified atom stereocenters. The zero-order chi connectivity index (χ0) is 18.5. The molecule has 2 aliphatic heterocycles. The number of carbonyl (C=O) groups is 2. The van der Waals surface area contributed by atoms with Crippen molar-refractivity contribution in [2.24, 2.45) is 5.92 Å². The minimum atomic E-state index is -3.30. The first-order chi connectivity index (χ1) is 12.4. The van der Waals surface area contributed by atoms with Gasteiger partial charge in [0.15, 0.2) is 9.84 Å². The number of aromatic nitrogens is 2. The number of nitrogens with zero attached hydrogens (tertiary/aromatic N) is 4. The second kappa shape index (κ2) is 6.19. The number of hydrogen-bond acceptors (Lipinski definition) is 7. The van der Waals surface area contributed by atoms with Crippen molar-refractivity contribution < 1.29 is 22.7 Å². The molecule has 0 radical (unpaired) electrons. The van der Waals surface area contributed by atoms with Crippen LogP contribution < -0.4 is 4.74 Å². The van der Waals surface area contributed by atoms with Crippen LogP contribution in [0.2, 0.25) is 0 Å². The SMILES string of the molecule is COc1ncc(C(=O)N2CCN(C(=O)C3CC3)[C@@H]3CS(=O)(=O)C[C@@H]32)cn1. The fourth-order valence-corrected chi connectivity index (χ4v) is 5.72. The first-order valence-electron chi connectivity index (χ1n) is 8.57. The highest BCUT2D eigenvalue weighted by molar-refractivity contribution is 7.91. The number of rotatable bonds is 3. The van der Waals surface area contributed by atoms with Crippen LogP contribution in [0.4, 0.5) is 0 Å². The van der Waals surface area contributed by atoms with Gasteiger partial charge in [-0.1, -0.05) is 0 Å². The van der Waals surface area contributed by atoms with E-state index >= 15 is 0 Å². The lowest BCUT2D eigenvalue weighted by molar-refractivity contribution is -0.137. The molecular formula is C16H20N4O5S. The van der Waals surface area contributed by atoms with Crippen molar-refractivity contribution >= 4 is 21.7 Å². The zero-order valence-electron chi connectivity index (χ0n) is 14.4. The van der Waals surface area contributed by atoms with Crippen LogP contribution in [0.3, 0.4) is 0 Å². The number of piperazine rings is 1. The maximum absolute atomic E-state index is 12.9. The molecule has 3 fully saturated rings. The molecule has 4 rings (SSSR count). The summed E-state index contributed by atoms with van der Waals surface area (Å²) in [7, 11) is -1.87. The van der Waals surface area contributed by atoms with E-state index in [1.165, 1.54) is 19.5 Å². The molecule has 2 amide bonds. The summed E-state index contributed by atoms with van der Waals surface area (Å²) in [5.74, 6) is -0.472. The average molecular weight is 380 g/mol. The fourth-order valence-electron chi connectivity index (χ4n) is 3.74. The third-order valence-corrected chi connectivity index (χ3v) is 6.90. The van der Waals surface area contributed by atoms with Crippen LogP contribution in [0.1, 0.15) is 23.2 Å². The standard InChI is InChI=1S/C16H20N4O5S/c1-25-16-17-6-11(7-18-16)15(22)20-5-4-19(14(21)10-2-3-10)12-8-26(23,24)9-13(12)20/h6-7,10,12-13H,2-5,8-9H2,1H3/t12-,13+/m1/s1. The molecule has 3 aliphatic rings. The maximum Gasteiger partial charge on any atom is 0.316 e. The molecule has 9 nitrogen and oxygen atoms in total. The first-order valence-corrected chi connectivity index (χ1v) is 10.4. The van der Waals surface area contributed by atoms with Crippen LogP contribution in [-0.4, -0.2) is 83.8 Å². The first kappa shape index (κ1) is 17.2. The molecule has 10 heteroatoms. The third kappa shape index (κ3) is 3.02. The largest absolute Gasteiger partial charge is 0.467 e. The van der Waals surface area contributed by atoms with E-state index in [0.717, 1.165) is 12.8 Å². The lowest BCUT2D eigenvalue weighted by atomic mass is 10.0. The summed E-state index contributed by atoms with van der Waals surface area (Å²) >= 11 is 0. The lowest BCUT2D eigenvalue weighted by Crippen LogP contribution is -2.62. The van der Waals surface area contributed by atoms with Gasteiger partial charge in [-0.25, -0.2) is 18.4 Å². The van der Waals surface area contributed by atoms with Gasteiger partial charge >= 0.3 is 6.01 Å².